The molecule has 0 spiro atoms. The number of hydrogen-bond acceptors (Lipinski definition) is 2. The Bertz CT molecular complexity index is 570. The molecule has 0 saturated heterocycles. The summed E-state index contributed by atoms with van der Waals surface area (Å²) < 4.78 is 5.67. The molecule has 0 amide bonds. The Morgan fingerprint density at radius 1 is 1.11 bits per heavy atom. The molecule has 2 rings (SSSR count). The van der Waals surface area contributed by atoms with Gasteiger partial charge >= 0.3 is 0 Å². The van der Waals surface area contributed by atoms with E-state index < -0.39 is 0 Å². The van der Waals surface area contributed by atoms with Crippen LogP contribution in [0.1, 0.15) is 11.1 Å². The minimum Gasteiger partial charge on any atom is -0.489 e. The average Bonchev–Trinajstić information content (AvgIpc) is 2.32. The maximum Gasteiger partial charge on any atom is 0.120 e. The van der Waals surface area contributed by atoms with E-state index in [1.54, 1.807) is 12.1 Å². The summed E-state index contributed by atoms with van der Waals surface area (Å²) in [7, 11) is 0. The van der Waals surface area contributed by atoms with Crippen LogP contribution in [0, 0.1) is 6.92 Å². The summed E-state index contributed by atoms with van der Waals surface area (Å²) in [5.41, 5.74) is 8.40. The van der Waals surface area contributed by atoms with E-state index in [9.17, 15) is 0 Å². The zero-order valence-electron chi connectivity index (χ0n) is 9.91. The predicted molar refractivity (Wildman–Crippen MR) is 76.4 cm³/mol. The quantitative estimate of drug-likeness (QED) is 0.843. The van der Waals surface area contributed by atoms with Gasteiger partial charge in [0.25, 0.3) is 0 Å². The number of hydrogen-bond donors (Lipinski definition) is 1. The summed E-state index contributed by atoms with van der Waals surface area (Å²) in [6.45, 7) is 2.34. The van der Waals surface area contributed by atoms with Crippen LogP contribution in [-0.4, -0.2) is 0 Å². The Morgan fingerprint density at radius 2 is 1.89 bits per heavy atom. The van der Waals surface area contributed by atoms with Gasteiger partial charge < -0.3 is 10.5 Å². The van der Waals surface area contributed by atoms with Gasteiger partial charge in [0.15, 0.2) is 0 Å². The molecule has 0 unspecified atom stereocenters. The highest BCUT2D eigenvalue weighted by Gasteiger charge is 2.03. The van der Waals surface area contributed by atoms with Gasteiger partial charge in [0.2, 0.25) is 0 Å². The first kappa shape index (κ1) is 13.1. The topological polar surface area (TPSA) is 35.2 Å². The third-order valence-corrected chi connectivity index (χ3v) is 3.24. The van der Waals surface area contributed by atoms with E-state index in [0.29, 0.717) is 16.7 Å². The zero-order chi connectivity index (χ0) is 13.1. The first-order valence-electron chi connectivity index (χ1n) is 5.49. The summed E-state index contributed by atoms with van der Waals surface area (Å²) in [5, 5.41) is 1.22. The molecule has 0 aromatic heterocycles. The molecule has 2 nitrogen and oxygen atoms in total. The molecule has 0 radical (unpaired) electrons. The molecule has 0 heterocycles. The number of ether oxygens (including phenoxy) is 1. The monoisotopic (exact) mass is 281 g/mol. The lowest BCUT2D eigenvalue weighted by molar-refractivity contribution is 0.306. The highest BCUT2D eigenvalue weighted by molar-refractivity contribution is 6.35. The zero-order valence-corrected chi connectivity index (χ0v) is 11.4. The van der Waals surface area contributed by atoms with E-state index in [1.807, 2.05) is 31.2 Å². The SMILES string of the molecule is Cc1cc(OCc2ccc(Cl)cc2Cl)ccc1N. The van der Waals surface area contributed by atoms with Crippen LogP contribution in [0.25, 0.3) is 0 Å². The van der Waals surface area contributed by atoms with Crippen LogP contribution in [-0.2, 0) is 6.61 Å². The van der Waals surface area contributed by atoms with Crippen LogP contribution < -0.4 is 10.5 Å². The van der Waals surface area contributed by atoms with Gasteiger partial charge in [0.1, 0.15) is 12.4 Å². The molecule has 0 bridgehead atoms. The highest BCUT2D eigenvalue weighted by Crippen LogP contribution is 2.24. The molecule has 2 aromatic rings. The van der Waals surface area contributed by atoms with Gasteiger partial charge in [-0.2, -0.15) is 0 Å². The van der Waals surface area contributed by atoms with Crippen molar-refractivity contribution in [2.45, 2.75) is 13.5 Å². The number of aryl methyl sites for hydroxylation is 1. The maximum absolute atomic E-state index is 6.07. The number of rotatable bonds is 3. The minimum absolute atomic E-state index is 0.402. The van der Waals surface area contributed by atoms with Gasteiger partial charge in [-0.15, -0.1) is 0 Å². The summed E-state index contributed by atoms with van der Waals surface area (Å²) in [6.07, 6.45) is 0. The van der Waals surface area contributed by atoms with Crippen LogP contribution >= 0.6 is 23.2 Å². The second kappa shape index (κ2) is 5.51. The molecule has 4 heteroatoms. The van der Waals surface area contributed by atoms with E-state index >= 15 is 0 Å². The lowest BCUT2D eigenvalue weighted by Gasteiger charge is -2.09. The van der Waals surface area contributed by atoms with Crippen molar-refractivity contribution < 1.29 is 4.74 Å². The third kappa shape index (κ3) is 3.09. The van der Waals surface area contributed by atoms with Gasteiger partial charge in [0.05, 0.1) is 0 Å². The van der Waals surface area contributed by atoms with Gasteiger partial charge in [-0.05, 0) is 42.8 Å². The molecule has 0 aliphatic rings. The number of benzene rings is 2. The highest BCUT2D eigenvalue weighted by atomic mass is 35.5. The largest absolute Gasteiger partial charge is 0.489 e. The van der Waals surface area contributed by atoms with Crippen LogP contribution in [0.3, 0.4) is 0 Å². The predicted octanol–water partition coefficient (Wildman–Crippen LogP) is 4.46. The molecular weight excluding hydrogens is 269 g/mol. The third-order valence-electron chi connectivity index (χ3n) is 2.65. The van der Waals surface area contributed by atoms with Crippen LogP contribution in [0.4, 0.5) is 5.69 Å². The Balaban J connectivity index is 2.09. The standard InChI is InChI=1S/C14H13Cl2NO/c1-9-6-12(4-5-14(9)17)18-8-10-2-3-11(15)7-13(10)16/h2-7H,8,17H2,1H3. The molecule has 0 aliphatic heterocycles. The minimum atomic E-state index is 0.402. The summed E-state index contributed by atoms with van der Waals surface area (Å²) >= 11 is 11.9. The first-order chi connectivity index (χ1) is 8.56. The van der Waals surface area contributed by atoms with Crippen molar-refractivity contribution in [3.05, 3.63) is 57.6 Å². The Morgan fingerprint density at radius 3 is 2.56 bits per heavy atom. The van der Waals surface area contributed by atoms with E-state index in [-0.39, 0.29) is 0 Å². The molecule has 94 valence electrons. The summed E-state index contributed by atoms with van der Waals surface area (Å²) in [6, 6.07) is 10.9. The van der Waals surface area contributed by atoms with Crippen LogP contribution in [0.5, 0.6) is 5.75 Å². The number of anilines is 1. The van der Waals surface area contributed by atoms with Crippen molar-refractivity contribution in [2.24, 2.45) is 0 Å². The molecule has 0 fully saturated rings. The van der Waals surface area contributed by atoms with Crippen LogP contribution in [0.2, 0.25) is 10.0 Å². The Labute approximate surface area is 116 Å². The number of nitrogen functional groups attached to an aromatic ring is 1. The molecular formula is C14H13Cl2NO. The van der Waals surface area contributed by atoms with Crippen molar-refractivity contribution >= 4 is 28.9 Å². The van der Waals surface area contributed by atoms with Crippen molar-refractivity contribution in [1.82, 2.24) is 0 Å². The first-order valence-corrected chi connectivity index (χ1v) is 6.24. The maximum atomic E-state index is 6.07. The smallest absolute Gasteiger partial charge is 0.120 e. The fraction of sp³-hybridized carbons (Fsp3) is 0.143. The average molecular weight is 282 g/mol. The Hall–Kier alpha value is -1.38. The van der Waals surface area contributed by atoms with E-state index in [1.165, 1.54) is 0 Å². The van der Waals surface area contributed by atoms with E-state index in [2.05, 4.69) is 0 Å². The number of nitrogens with two attached hydrogens (primary N) is 1. The van der Waals surface area contributed by atoms with Gasteiger partial charge in [-0.1, -0.05) is 29.3 Å². The Kier molecular flexibility index (Phi) is 4.00. The lowest BCUT2D eigenvalue weighted by atomic mass is 10.2. The van der Waals surface area contributed by atoms with Crippen molar-refractivity contribution in [2.75, 3.05) is 5.73 Å². The van der Waals surface area contributed by atoms with E-state index in [0.717, 1.165) is 22.6 Å². The molecule has 2 N–H and O–H groups in total. The van der Waals surface area contributed by atoms with Gasteiger partial charge in [0, 0.05) is 21.3 Å². The molecule has 2 aromatic carbocycles. The van der Waals surface area contributed by atoms with Crippen molar-refractivity contribution in [3.63, 3.8) is 0 Å². The summed E-state index contributed by atoms with van der Waals surface area (Å²) in [4.78, 5) is 0. The van der Waals surface area contributed by atoms with E-state index in [4.69, 9.17) is 33.7 Å². The second-order valence-corrected chi connectivity index (χ2v) is 4.89. The fourth-order valence-electron chi connectivity index (χ4n) is 1.54. The molecule has 0 atom stereocenters. The van der Waals surface area contributed by atoms with Gasteiger partial charge in [-0.25, -0.2) is 0 Å². The van der Waals surface area contributed by atoms with Gasteiger partial charge in [-0.3, -0.25) is 0 Å². The lowest BCUT2D eigenvalue weighted by Crippen LogP contribution is -1.97. The molecule has 0 saturated carbocycles. The fourth-order valence-corrected chi connectivity index (χ4v) is 2.00. The molecule has 18 heavy (non-hydrogen) atoms. The van der Waals surface area contributed by atoms with Crippen LogP contribution in [0.15, 0.2) is 36.4 Å². The second-order valence-electron chi connectivity index (χ2n) is 4.04. The normalized spacial score (nSPS) is 10.4. The van der Waals surface area contributed by atoms with Crippen molar-refractivity contribution in [1.29, 1.82) is 0 Å². The number of halogens is 2. The summed E-state index contributed by atoms with van der Waals surface area (Å²) in [5.74, 6) is 0.771. The van der Waals surface area contributed by atoms with Crippen molar-refractivity contribution in [3.8, 4) is 5.75 Å². The molecule has 0 aliphatic carbocycles.